The van der Waals surface area contributed by atoms with Gasteiger partial charge in [-0.2, -0.15) is 0 Å². The highest BCUT2D eigenvalue weighted by atomic mass is 35.5. The minimum Gasteiger partial charge on any atom is -0.306 e. The normalized spacial score (nSPS) is 15.5. The molecule has 1 aliphatic heterocycles. The molecule has 2 nitrogen and oxygen atoms in total. The standard InChI is InChI=1S/C17H19ClN2S/c1-20-10-7-13-5-6-16(18)17(15(13)8-11-20)21-12-14-4-2-3-9-19-14/h2-6,9H,7-8,10-12H2,1H3. The summed E-state index contributed by atoms with van der Waals surface area (Å²) in [5.41, 5.74) is 3.99. The van der Waals surface area contributed by atoms with Crippen LogP contribution >= 0.6 is 23.4 Å². The molecule has 0 aliphatic carbocycles. The SMILES string of the molecule is CN1CCc2ccc(Cl)c(SCc3ccccn3)c2CC1. The third-order valence-electron chi connectivity index (χ3n) is 3.91. The fraction of sp³-hybridized carbons (Fsp3) is 0.353. The van der Waals surface area contributed by atoms with Gasteiger partial charge in [-0.1, -0.05) is 23.7 Å². The first kappa shape index (κ1) is 14.9. The predicted molar refractivity (Wildman–Crippen MR) is 90.2 cm³/mol. The molecule has 0 unspecified atom stereocenters. The molecule has 3 rings (SSSR count). The van der Waals surface area contributed by atoms with E-state index in [2.05, 4.69) is 29.1 Å². The van der Waals surface area contributed by atoms with Gasteiger partial charge in [-0.05, 0) is 49.2 Å². The molecule has 0 amide bonds. The maximum Gasteiger partial charge on any atom is 0.0544 e. The van der Waals surface area contributed by atoms with Crippen molar-refractivity contribution < 1.29 is 0 Å². The fourth-order valence-corrected chi connectivity index (χ4v) is 4.08. The van der Waals surface area contributed by atoms with Gasteiger partial charge in [-0.25, -0.2) is 0 Å². The van der Waals surface area contributed by atoms with Gasteiger partial charge in [0.05, 0.1) is 10.7 Å². The van der Waals surface area contributed by atoms with E-state index >= 15 is 0 Å². The second-order valence-electron chi connectivity index (χ2n) is 5.43. The Hall–Kier alpha value is -1.03. The fourth-order valence-electron chi connectivity index (χ4n) is 2.66. The minimum absolute atomic E-state index is 0.868. The molecule has 2 heterocycles. The Bertz CT molecular complexity index is 616. The molecule has 4 heteroatoms. The summed E-state index contributed by atoms with van der Waals surface area (Å²) in [7, 11) is 2.19. The van der Waals surface area contributed by atoms with Crippen LogP contribution < -0.4 is 0 Å². The topological polar surface area (TPSA) is 16.1 Å². The molecule has 0 bridgehead atoms. The van der Waals surface area contributed by atoms with Crippen molar-refractivity contribution in [3.8, 4) is 0 Å². The first-order chi connectivity index (χ1) is 10.2. The Morgan fingerprint density at radius 1 is 1.19 bits per heavy atom. The Labute approximate surface area is 135 Å². The molecule has 2 aromatic rings. The van der Waals surface area contributed by atoms with E-state index in [0.717, 1.165) is 42.4 Å². The van der Waals surface area contributed by atoms with Crippen LogP contribution in [0.3, 0.4) is 0 Å². The number of rotatable bonds is 3. The molecule has 0 fully saturated rings. The number of halogens is 1. The maximum absolute atomic E-state index is 6.46. The zero-order valence-electron chi connectivity index (χ0n) is 12.2. The summed E-state index contributed by atoms with van der Waals surface area (Å²) in [5.74, 6) is 0.868. The van der Waals surface area contributed by atoms with Crippen LogP contribution in [0.15, 0.2) is 41.4 Å². The van der Waals surface area contributed by atoms with Gasteiger partial charge in [0.2, 0.25) is 0 Å². The van der Waals surface area contributed by atoms with E-state index < -0.39 is 0 Å². The summed E-state index contributed by atoms with van der Waals surface area (Å²) < 4.78 is 0. The summed E-state index contributed by atoms with van der Waals surface area (Å²) in [5, 5.41) is 0.874. The Morgan fingerprint density at radius 3 is 2.86 bits per heavy atom. The molecule has 1 aromatic carbocycles. The van der Waals surface area contributed by atoms with Crippen LogP contribution in [0.4, 0.5) is 0 Å². The Balaban J connectivity index is 1.84. The van der Waals surface area contributed by atoms with Crippen LogP contribution in [0.1, 0.15) is 16.8 Å². The van der Waals surface area contributed by atoms with E-state index in [1.165, 1.54) is 16.0 Å². The average molecular weight is 319 g/mol. The van der Waals surface area contributed by atoms with Crippen LogP contribution in [0, 0.1) is 0 Å². The van der Waals surface area contributed by atoms with E-state index in [4.69, 9.17) is 11.6 Å². The van der Waals surface area contributed by atoms with Gasteiger partial charge in [-0.3, -0.25) is 4.98 Å². The number of thioether (sulfide) groups is 1. The Kier molecular flexibility index (Phi) is 4.84. The number of hydrogen-bond donors (Lipinski definition) is 0. The van der Waals surface area contributed by atoms with Crippen LogP contribution in [0.5, 0.6) is 0 Å². The molecule has 0 N–H and O–H groups in total. The minimum atomic E-state index is 0.868. The quantitative estimate of drug-likeness (QED) is 0.794. The first-order valence-corrected chi connectivity index (χ1v) is 8.62. The molecule has 21 heavy (non-hydrogen) atoms. The molecular weight excluding hydrogens is 300 g/mol. The second kappa shape index (κ2) is 6.82. The number of pyridine rings is 1. The molecule has 0 saturated heterocycles. The lowest BCUT2D eigenvalue weighted by atomic mass is 10.0. The van der Waals surface area contributed by atoms with Gasteiger partial charge in [-0.15, -0.1) is 11.8 Å². The van der Waals surface area contributed by atoms with Crippen LogP contribution in [0.25, 0.3) is 0 Å². The van der Waals surface area contributed by atoms with E-state index in [0.29, 0.717) is 0 Å². The van der Waals surface area contributed by atoms with Crippen molar-refractivity contribution in [2.45, 2.75) is 23.5 Å². The zero-order valence-corrected chi connectivity index (χ0v) is 13.8. The Morgan fingerprint density at radius 2 is 2.05 bits per heavy atom. The average Bonchev–Trinajstić information content (AvgIpc) is 2.70. The highest BCUT2D eigenvalue weighted by Gasteiger charge is 2.17. The van der Waals surface area contributed by atoms with Crippen LogP contribution in [-0.4, -0.2) is 30.0 Å². The number of fused-ring (bicyclic) bond motifs is 1. The van der Waals surface area contributed by atoms with E-state index in [9.17, 15) is 0 Å². The summed E-state index contributed by atoms with van der Waals surface area (Å²) in [4.78, 5) is 8.03. The van der Waals surface area contributed by atoms with E-state index in [1.54, 1.807) is 0 Å². The van der Waals surface area contributed by atoms with Gasteiger partial charge in [0, 0.05) is 29.9 Å². The summed E-state index contributed by atoms with van der Waals surface area (Å²) >= 11 is 8.27. The summed E-state index contributed by atoms with van der Waals surface area (Å²) in [6, 6.07) is 10.3. The van der Waals surface area contributed by atoms with E-state index in [-0.39, 0.29) is 0 Å². The molecule has 0 atom stereocenters. The van der Waals surface area contributed by atoms with Crippen molar-refractivity contribution in [2.24, 2.45) is 0 Å². The maximum atomic E-state index is 6.46. The van der Waals surface area contributed by atoms with Gasteiger partial charge >= 0.3 is 0 Å². The third-order valence-corrected chi connectivity index (χ3v) is 5.53. The van der Waals surface area contributed by atoms with Gasteiger partial charge in [0.15, 0.2) is 0 Å². The van der Waals surface area contributed by atoms with Gasteiger partial charge in [0.25, 0.3) is 0 Å². The summed E-state index contributed by atoms with van der Waals surface area (Å²) in [6.45, 7) is 2.23. The molecule has 1 aliphatic rings. The predicted octanol–water partition coefficient (Wildman–Crippen LogP) is 4.06. The monoisotopic (exact) mass is 318 g/mol. The van der Waals surface area contributed by atoms with Crippen molar-refractivity contribution in [3.63, 3.8) is 0 Å². The number of nitrogens with zero attached hydrogens (tertiary/aromatic N) is 2. The van der Waals surface area contributed by atoms with Crippen LogP contribution in [0.2, 0.25) is 5.02 Å². The molecule has 1 aromatic heterocycles. The highest BCUT2D eigenvalue weighted by Crippen LogP contribution is 2.36. The molecule has 0 saturated carbocycles. The third kappa shape index (κ3) is 3.60. The largest absolute Gasteiger partial charge is 0.306 e. The van der Waals surface area contributed by atoms with E-state index in [1.807, 2.05) is 36.2 Å². The first-order valence-electron chi connectivity index (χ1n) is 7.25. The van der Waals surface area contributed by atoms with Gasteiger partial charge < -0.3 is 4.90 Å². The van der Waals surface area contributed by atoms with Crippen molar-refractivity contribution in [1.29, 1.82) is 0 Å². The number of aromatic nitrogens is 1. The zero-order chi connectivity index (χ0) is 14.7. The lowest BCUT2D eigenvalue weighted by molar-refractivity contribution is 0.352. The lowest BCUT2D eigenvalue weighted by Gasteiger charge is -2.14. The van der Waals surface area contributed by atoms with Crippen molar-refractivity contribution in [3.05, 3.63) is 58.4 Å². The molecule has 0 spiro atoms. The van der Waals surface area contributed by atoms with Crippen molar-refractivity contribution in [2.75, 3.05) is 20.1 Å². The summed E-state index contributed by atoms with van der Waals surface area (Å²) in [6.07, 6.45) is 4.04. The van der Waals surface area contributed by atoms with Crippen LogP contribution in [-0.2, 0) is 18.6 Å². The smallest absolute Gasteiger partial charge is 0.0544 e. The number of likely N-dealkylation sites (N-methyl/N-ethyl adjacent to an activating group) is 1. The molecule has 110 valence electrons. The van der Waals surface area contributed by atoms with Gasteiger partial charge in [0.1, 0.15) is 0 Å². The number of benzene rings is 1. The highest BCUT2D eigenvalue weighted by molar-refractivity contribution is 7.98. The van der Waals surface area contributed by atoms with Crippen molar-refractivity contribution >= 4 is 23.4 Å². The molecule has 0 radical (unpaired) electrons. The number of hydrogen-bond acceptors (Lipinski definition) is 3. The lowest BCUT2D eigenvalue weighted by Crippen LogP contribution is -2.20. The molecular formula is C17H19ClN2S. The van der Waals surface area contributed by atoms with Crippen molar-refractivity contribution in [1.82, 2.24) is 9.88 Å². The second-order valence-corrected chi connectivity index (χ2v) is 6.82.